The van der Waals surface area contributed by atoms with Crippen molar-refractivity contribution in [3.05, 3.63) is 29.8 Å². The maximum Gasteiger partial charge on any atom is 0.245 e. The maximum absolute atomic E-state index is 12.8. The van der Waals surface area contributed by atoms with E-state index >= 15 is 0 Å². The minimum absolute atomic E-state index is 0.0679. The van der Waals surface area contributed by atoms with Gasteiger partial charge in [-0.1, -0.05) is 17.7 Å². The summed E-state index contributed by atoms with van der Waals surface area (Å²) < 4.78 is 32.4. The van der Waals surface area contributed by atoms with E-state index in [4.69, 9.17) is 4.74 Å². The lowest BCUT2D eigenvalue weighted by Crippen LogP contribution is -2.53. The molecule has 0 aliphatic carbocycles. The van der Waals surface area contributed by atoms with Gasteiger partial charge >= 0.3 is 0 Å². The van der Waals surface area contributed by atoms with Crippen LogP contribution in [0, 0.1) is 6.92 Å². The molecule has 5 nitrogen and oxygen atoms in total. The molecule has 1 fully saturated rings. The molecule has 0 amide bonds. The van der Waals surface area contributed by atoms with Gasteiger partial charge in [-0.15, -0.1) is 0 Å². The van der Waals surface area contributed by atoms with Crippen molar-refractivity contribution in [1.29, 1.82) is 0 Å². The van der Waals surface area contributed by atoms with Gasteiger partial charge in [0, 0.05) is 13.0 Å². The Morgan fingerprint density at radius 1 is 1.29 bits per heavy atom. The zero-order chi connectivity index (χ0) is 15.6. The Bertz CT molecular complexity index is 609. The smallest absolute Gasteiger partial charge is 0.245 e. The lowest BCUT2D eigenvalue weighted by molar-refractivity contribution is -0.133. The fraction of sp³-hybridized carbons (Fsp3) is 0.533. The first-order chi connectivity index (χ1) is 9.87. The molecule has 0 N–H and O–H groups in total. The van der Waals surface area contributed by atoms with Crippen LogP contribution in [-0.2, 0) is 19.6 Å². The summed E-state index contributed by atoms with van der Waals surface area (Å²) in [5.74, 6) is -0.0679. The molecule has 1 aromatic carbocycles. The van der Waals surface area contributed by atoms with E-state index in [-0.39, 0.29) is 10.7 Å². The van der Waals surface area contributed by atoms with Gasteiger partial charge in [0.1, 0.15) is 6.23 Å². The summed E-state index contributed by atoms with van der Waals surface area (Å²) in [5, 5.41) is 0. The van der Waals surface area contributed by atoms with Crippen LogP contribution >= 0.6 is 0 Å². The van der Waals surface area contributed by atoms with Crippen LogP contribution in [0.25, 0.3) is 0 Å². The molecule has 21 heavy (non-hydrogen) atoms. The molecule has 0 aromatic heterocycles. The molecule has 1 aromatic rings. The molecule has 0 unspecified atom stereocenters. The topological polar surface area (TPSA) is 63.7 Å². The highest BCUT2D eigenvalue weighted by atomic mass is 32.2. The van der Waals surface area contributed by atoms with Gasteiger partial charge in [0.15, 0.2) is 5.78 Å². The monoisotopic (exact) mass is 311 g/mol. The van der Waals surface area contributed by atoms with Crippen molar-refractivity contribution in [2.45, 2.75) is 50.8 Å². The Morgan fingerprint density at radius 3 is 2.48 bits per heavy atom. The zero-order valence-corrected chi connectivity index (χ0v) is 13.4. The van der Waals surface area contributed by atoms with Crippen molar-refractivity contribution in [1.82, 2.24) is 4.31 Å². The van der Waals surface area contributed by atoms with E-state index in [1.165, 1.54) is 4.31 Å². The minimum Gasteiger partial charge on any atom is -0.362 e. The van der Waals surface area contributed by atoms with E-state index in [9.17, 15) is 13.2 Å². The van der Waals surface area contributed by atoms with E-state index < -0.39 is 22.3 Å². The highest BCUT2D eigenvalue weighted by molar-refractivity contribution is 7.89. The van der Waals surface area contributed by atoms with Crippen LogP contribution in [-0.4, -0.2) is 37.4 Å². The highest BCUT2D eigenvalue weighted by Crippen LogP contribution is 2.28. The molecule has 1 saturated heterocycles. The summed E-state index contributed by atoms with van der Waals surface area (Å²) >= 11 is 0. The van der Waals surface area contributed by atoms with Crippen molar-refractivity contribution < 1.29 is 17.9 Å². The molecule has 0 bridgehead atoms. The van der Waals surface area contributed by atoms with Crippen molar-refractivity contribution >= 4 is 15.8 Å². The standard InChI is InChI=1S/C15H21NO4S/c1-4-20-15-10-9-14(17)12(3)16(15)21(18,19)13-7-5-11(2)6-8-13/h5-8,12,15H,4,9-10H2,1-3H3/t12-,15-/m0/s1. The first-order valence-corrected chi connectivity index (χ1v) is 8.56. The third-order valence-corrected chi connectivity index (χ3v) is 5.70. The Labute approximate surface area is 126 Å². The third-order valence-electron chi connectivity index (χ3n) is 3.72. The van der Waals surface area contributed by atoms with Crippen molar-refractivity contribution in [2.24, 2.45) is 0 Å². The number of sulfonamides is 1. The maximum atomic E-state index is 12.8. The highest BCUT2D eigenvalue weighted by Gasteiger charge is 2.42. The Morgan fingerprint density at radius 2 is 1.90 bits per heavy atom. The number of piperidine rings is 1. The summed E-state index contributed by atoms with van der Waals surface area (Å²) in [6.07, 6.45) is 0.183. The second-order valence-corrected chi connectivity index (χ2v) is 7.08. The molecule has 1 heterocycles. The van der Waals surface area contributed by atoms with Gasteiger partial charge in [-0.2, -0.15) is 4.31 Å². The number of rotatable bonds is 4. The lowest BCUT2D eigenvalue weighted by Gasteiger charge is -2.37. The van der Waals surface area contributed by atoms with Gasteiger partial charge in [0.2, 0.25) is 10.0 Å². The number of Topliss-reactive ketones (excluding diaryl/α,β-unsaturated/α-hetero) is 1. The Balaban J connectivity index is 2.42. The van der Waals surface area contributed by atoms with Crippen LogP contribution in [0.3, 0.4) is 0 Å². The molecule has 2 atom stereocenters. The molecule has 1 aliphatic rings. The van der Waals surface area contributed by atoms with E-state index in [2.05, 4.69) is 0 Å². The van der Waals surface area contributed by atoms with Gasteiger partial charge in [0.25, 0.3) is 0 Å². The first kappa shape index (κ1) is 16.1. The van der Waals surface area contributed by atoms with Gasteiger partial charge in [-0.25, -0.2) is 8.42 Å². The van der Waals surface area contributed by atoms with Gasteiger partial charge in [-0.3, -0.25) is 4.79 Å². The third kappa shape index (κ3) is 3.17. The molecular formula is C15H21NO4S. The number of nitrogens with zero attached hydrogens (tertiary/aromatic N) is 1. The molecule has 0 spiro atoms. The number of hydrogen-bond donors (Lipinski definition) is 0. The summed E-state index contributed by atoms with van der Waals surface area (Å²) in [5.41, 5.74) is 0.984. The van der Waals surface area contributed by atoms with Gasteiger partial charge in [-0.05, 0) is 39.3 Å². The second-order valence-electron chi connectivity index (χ2n) is 5.24. The van der Waals surface area contributed by atoms with Crippen LogP contribution in [0.2, 0.25) is 0 Å². The predicted octanol–water partition coefficient (Wildman–Crippen LogP) is 2.10. The Hall–Kier alpha value is -1.24. The van der Waals surface area contributed by atoms with E-state index in [0.29, 0.717) is 19.4 Å². The van der Waals surface area contributed by atoms with Crippen molar-refractivity contribution in [3.8, 4) is 0 Å². The molecule has 1 aliphatic heterocycles. The van der Waals surface area contributed by atoms with Gasteiger partial charge in [0.05, 0.1) is 10.9 Å². The number of hydrogen-bond acceptors (Lipinski definition) is 4. The van der Waals surface area contributed by atoms with E-state index in [1.54, 1.807) is 31.2 Å². The summed E-state index contributed by atoms with van der Waals surface area (Å²) in [4.78, 5) is 12.1. The molecule has 0 radical (unpaired) electrons. The van der Waals surface area contributed by atoms with Crippen LogP contribution < -0.4 is 0 Å². The van der Waals surface area contributed by atoms with Crippen molar-refractivity contribution in [2.75, 3.05) is 6.61 Å². The largest absolute Gasteiger partial charge is 0.362 e. The average molecular weight is 311 g/mol. The lowest BCUT2D eigenvalue weighted by atomic mass is 10.0. The Kier molecular flexibility index (Phi) is 4.81. The molecular weight excluding hydrogens is 290 g/mol. The second kappa shape index (κ2) is 6.25. The minimum atomic E-state index is -3.74. The fourth-order valence-corrected chi connectivity index (χ4v) is 4.27. The molecule has 2 rings (SSSR count). The van der Waals surface area contributed by atoms with Crippen molar-refractivity contribution in [3.63, 3.8) is 0 Å². The molecule has 116 valence electrons. The van der Waals surface area contributed by atoms with Crippen LogP contribution in [0.5, 0.6) is 0 Å². The van der Waals surface area contributed by atoms with Crippen LogP contribution in [0.15, 0.2) is 29.2 Å². The normalized spacial score (nSPS) is 24.2. The van der Waals surface area contributed by atoms with E-state index in [1.807, 2.05) is 13.8 Å². The van der Waals surface area contributed by atoms with E-state index in [0.717, 1.165) is 5.56 Å². The number of carbonyl (C=O) groups is 1. The summed E-state index contributed by atoms with van der Waals surface area (Å²) in [6.45, 7) is 5.75. The number of ether oxygens (including phenoxy) is 1. The number of ketones is 1. The van der Waals surface area contributed by atoms with Gasteiger partial charge < -0.3 is 4.74 Å². The number of benzene rings is 1. The quantitative estimate of drug-likeness (QED) is 0.854. The predicted molar refractivity (Wildman–Crippen MR) is 79.3 cm³/mol. The average Bonchev–Trinajstić information content (AvgIpc) is 2.43. The molecule has 6 heteroatoms. The number of aryl methyl sites for hydroxylation is 1. The first-order valence-electron chi connectivity index (χ1n) is 7.12. The fourth-order valence-electron chi connectivity index (χ4n) is 2.54. The summed E-state index contributed by atoms with van der Waals surface area (Å²) in [6, 6.07) is 5.94. The van der Waals surface area contributed by atoms with Crippen LogP contribution in [0.4, 0.5) is 0 Å². The molecule has 0 saturated carbocycles. The zero-order valence-electron chi connectivity index (χ0n) is 12.6. The summed E-state index contributed by atoms with van der Waals surface area (Å²) in [7, 11) is -3.74. The van der Waals surface area contributed by atoms with Crippen LogP contribution in [0.1, 0.15) is 32.3 Å². The number of carbonyl (C=O) groups excluding carboxylic acids is 1. The SMILES string of the molecule is CCO[C@H]1CCC(=O)[C@H](C)N1S(=O)(=O)c1ccc(C)cc1.